The van der Waals surface area contributed by atoms with Crippen LogP contribution in [0.5, 0.6) is 28.7 Å². The van der Waals surface area contributed by atoms with E-state index in [1.165, 1.54) is 20.3 Å². The first-order chi connectivity index (χ1) is 14.8. The number of hydrogen-bond acceptors (Lipinski definition) is 7. The monoisotopic (exact) mass is 424 g/mol. The molecule has 1 aliphatic heterocycles. The fourth-order valence-electron chi connectivity index (χ4n) is 3.69. The van der Waals surface area contributed by atoms with E-state index in [-0.39, 0.29) is 16.4 Å². The van der Waals surface area contributed by atoms with Crippen LogP contribution in [0.2, 0.25) is 0 Å². The van der Waals surface area contributed by atoms with Crippen LogP contribution in [0.4, 0.5) is 0 Å². The van der Waals surface area contributed by atoms with Crippen molar-refractivity contribution < 1.29 is 28.1 Å². The lowest BCUT2D eigenvalue weighted by atomic mass is 9.98. The summed E-state index contributed by atoms with van der Waals surface area (Å²) in [6, 6.07) is 6.71. The van der Waals surface area contributed by atoms with Crippen molar-refractivity contribution in [2.45, 2.75) is 19.4 Å². The molecule has 2 aromatic carbocycles. The van der Waals surface area contributed by atoms with E-state index in [0.29, 0.717) is 45.6 Å². The van der Waals surface area contributed by atoms with E-state index < -0.39 is 5.60 Å². The largest absolute Gasteiger partial charge is 0.495 e. The van der Waals surface area contributed by atoms with E-state index in [2.05, 4.69) is 0 Å². The summed E-state index contributed by atoms with van der Waals surface area (Å²) < 4.78 is 34.3. The van der Waals surface area contributed by atoms with Crippen molar-refractivity contribution in [3.05, 3.63) is 46.1 Å². The molecular formula is C24H24O7. The second-order valence-corrected chi connectivity index (χ2v) is 7.60. The van der Waals surface area contributed by atoms with Crippen LogP contribution in [0.1, 0.15) is 19.4 Å². The Morgan fingerprint density at radius 3 is 2.23 bits per heavy atom. The lowest BCUT2D eigenvalue weighted by Crippen LogP contribution is -2.28. The lowest BCUT2D eigenvalue weighted by Gasteiger charge is -2.30. The minimum absolute atomic E-state index is 0.251. The Balaban J connectivity index is 2.04. The predicted molar refractivity (Wildman–Crippen MR) is 118 cm³/mol. The number of benzene rings is 2. The Morgan fingerprint density at radius 1 is 0.871 bits per heavy atom. The Labute approximate surface area is 179 Å². The molecule has 0 aliphatic carbocycles. The molecule has 0 saturated heterocycles. The molecule has 0 saturated carbocycles. The van der Waals surface area contributed by atoms with Crippen molar-refractivity contribution >= 4 is 17.0 Å². The van der Waals surface area contributed by atoms with Gasteiger partial charge in [-0.15, -0.1) is 0 Å². The van der Waals surface area contributed by atoms with Gasteiger partial charge in [-0.1, -0.05) is 0 Å². The molecule has 162 valence electrons. The summed E-state index contributed by atoms with van der Waals surface area (Å²) >= 11 is 0. The molecule has 0 atom stereocenters. The van der Waals surface area contributed by atoms with Crippen molar-refractivity contribution in [2.75, 3.05) is 28.4 Å². The van der Waals surface area contributed by atoms with Gasteiger partial charge in [0.15, 0.2) is 28.3 Å². The van der Waals surface area contributed by atoms with E-state index in [9.17, 15) is 4.79 Å². The van der Waals surface area contributed by atoms with Crippen molar-refractivity contribution in [3.8, 4) is 40.1 Å². The molecule has 7 heteroatoms. The minimum Gasteiger partial charge on any atom is -0.495 e. The average molecular weight is 424 g/mol. The Morgan fingerprint density at radius 2 is 1.58 bits per heavy atom. The second kappa shape index (κ2) is 7.58. The number of fused-ring (bicyclic) bond motifs is 2. The van der Waals surface area contributed by atoms with Crippen LogP contribution in [0, 0.1) is 0 Å². The SMILES string of the molecule is COc1ccc(-c2cc(=O)c3c(OC)c4c(c(OC)c3o2)OC(C)(C)C=C4)cc1OC. The highest BCUT2D eigenvalue weighted by Gasteiger charge is 2.32. The highest BCUT2D eigenvalue weighted by atomic mass is 16.5. The smallest absolute Gasteiger partial charge is 0.205 e. The summed E-state index contributed by atoms with van der Waals surface area (Å²) in [5.41, 5.74) is 0.720. The number of hydrogen-bond donors (Lipinski definition) is 0. The van der Waals surface area contributed by atoms with Crippen LogP contribution in [0.3, 0.4) is 0 Å². The van der Waals surface area contributed by atoms with Crippen LogP contribution in [-0.2, 0) is 0 Å². The van der Waals surface area contributed by atoms with Gasteiger partial charge in [0.2, 0.25) is 5.75 Å². The van der Waals surface area contributed by atoms with Crippen LogP contribution in [-0.4, -0.2) is 34.0 Å². The van der Waals surface area contributed by atoms with Crippen LogP contribution < -0.4 is 29.1 Å². The summed E-state index contributed by atoms with van der Waals surface area (Å²) in [5.74, 6) is 2.63. The maximum absolute atomic E-state index is 13.2. The van der Waals surface area contributed by atoms with Crippen molar-refractivity contribution in [1.82, 2.24) is 0 Å². The first-order valence-corrected chi connectivity index (χ1v) is 9.70. The molecule has 0 N–H and O–H groups in total. The second-order valence-electron chi connectivity index (χ2n) is 7.60. The normalized spacial score (nSPS) is 14.0. The average Bonchev–Trinajstić information content (AvgIpc) is 2.76. The molecule has 1 aromatic heterocycles. The van der Waals surface area contributed by atoms with Gasteiger partial charge in [0.05, 0.1) is 34.0 Å². The molecule has 7 nitrogen and oxygen atoms in total. The van der Waals surface area contributed by atoms with Gasteiger partial charge in [-0.05, 0) is 44.2 Å². The molecule has 0 unspecified atom stereocenters. The zero-order valence-corrected chi connectivity index (χ0v) is 18.3. The first kappa shape index (κ1) is 20.7. The van der Waals surface area contributed by atoms with Crippen LogP contribution >= 0.6 is 0 Å². The zero-order chi connectivity index (χ0) is 22.3. The number of ether oxygens (including phenoxy) is 5. The molecule has 0 fully saturated rings. The maximum Gasteiger partial charge on any atom is 0.205 e. The molecule has 0 spiro atoms. The fraction of sp³-hybridized carbons (Fsp3) is 0.292. The summed E-state index contributed by atoms with van der Waals surface area (Å²) in [7, 11) is 6.13. The van der Waals surface area contributed by atoms with E-state index >= 15 is 0 Å². The van der Waals surface area contributed by atoms with Gasteiger partial charge in [-0.2, -0.15) is 0 Å². The fourth-order valence-corrected chi connectivity index (χ4v) is 3.69. The van der Waals surface area contributed by atoms with Gasteiger partial charge in [0, 0.05) is 11.6 Å². The number of methoxy groups -OCH3 is 4. The van der Waals surface area contributed by atoms with Crippen LogP contribution in [0.15, 0.2) is 39.6 Å². The highest BCUT2D eigenvalue weighted by Crippen LogP contribution is 2.49. The van der Waals surface area contributed by atoms with Gasteiger partial charge < -0.3 is 28.1 Å². The Bertz CT molecular complexity index is 1250. The standard InChI is InChI=1S/C24H24O7/c1-24(2)10-9-14-20(28-5)19-15(25)12-17(30-22(19)23(29-6)21(14)31-24)13-7-8-16(26-3)18(11-13)27-4/h7-12H,1-6H3. The van der Waals surface area contributed by atoms with E-state index in [1.54, 1.807) is 32.4 Å². The predicted octanol–water partition coefficient (Wildman–Crippen LogP) is 4.68. The molecule has 2 heterocycles. The van der Waals surface area contributed by atoms with Gasteiger partial charge >= 0.3 is 0 Å². The third kappa shape index (κ3) is 3.36. The summed E-state index contributed by atoms with van der Waals surface area (Å²) in [5, 5.41) is 0.287. The molecule has 1 aliphatic rings. The zero-order valence-electron chi connectivity index (χ0n) is 18.3. The first-order valence-electron chi connectivity index (χ1n) is 9.70. The summed E-state index contributed by atoms with van der Waals surface area (Å²) in [4.78, 5) is 13.2. The quantitative estimate of drug-likeness (QED) is 0.589. The van der Waals surface area contributed by atoms with Gasteiger partial charge in [0.25, 0.3) is 0 Å². The molecule has 3 aromatic rings. The Kier molecular flexibility index (Phi) is 5.05. The number of rotatable bonds is 5. The van der Waals surface area contributed by atoms with Crippen molar-refractivity contribution in [2.24, 2.45) is 0 Å². The maximum atomic E-state index is 13.2. The molecule has 4 rings (SSSR count). The molecular weight excluding hydrogens is 400 g/mol. The Hall–Kier alpha value is -3.61. The third-order valence-corrected chi connectivity index (χ3v) is 5.17. The van der Waals surface area contributed by atoms with E-state index in [1.807, 2.05) is 26.0 Å². The van der Waals surface area contributed by atoms with Crippen molar-refractivity contribution in [1.29, 1.82) is 0 Å². The minimum atomic E-state index is -0.555. The van der Waals surface area contributed by atoms with E-state index in [0.717, 1.165) is 0 Å². The topological polar surface area (TPSA) is 76.4 Å². The van der Waals surface area contributed by atoms with E-state index in [4.69, 9.17) is 28.1 Å². The third-order valence-electron chi connectivity index (χ3n) is 5.17. The lowest BCUT2D eigenvalue weighted by molar-refractivity contribution is 0.151. The molecule has 0 bridgehead atoms. The van der Waals surface area contributed by atoms with Gasteiger partial charge in [-0.25, -0.2) is 0 Å². The van der Waals surface area contributed by atoms with Crippen molar-refractivity contribution in [3.63, 3.8) is 0 Å². The molecule has 0 radical (unpaired) electrons. The molecule has 0 amide bonds. The summed E-state index contributed by atoms with van der Waals surface area (Å²) in [6.45, 7) is 3.86. The van der Waals surface area contributed by atoms with Gasteiger partial charge in [-0.3, -0.25) is 4.79 Å². The summed E-state index contributed by atoms with van der Waals surface area (Å²) in [6.07, 6.45) is 3.78. The molecule has 31 heavy (non-hydrogen) atoms. The van der Waals surface area contributed by atoms with Gasteiger partial charge in [0.1, 0.15) is 22.5 Å². The van der Waals surface area contributed by atoms with Crippen LogP contribution in [0.25, 0.3) is 28.4 Å². The highest BCUT2D eigenvalue weighted by molar-refractivity contribution is 5.97.